The molecule has 1 aromatic carbocycles. The van der Waals surface area contributed by atoms with Crippen LogP contribution in [0.4, 0.5) is 20.9 Å². The number of fused-ring (bicyclic) bond motifs is 1. The number of anilines is 3. The van der Waals surface area contributed by atoms with Crippen molar-refractivity contribution in [2.24, 2.45) is 11.3 Å². The molecule has 0 saturated carbocycles. The molecule has 1 spiro atoms. The van der Waals surface area contributed by atoms with Crippen LogP contribution in [0.2, 0.25) is 0 Å². The van der Waals surface area contributed by atoms with Crippen LogP contribution in [0, 0.1) is 28.5 Å². The third kappa shape index (κ3) is 4.33. The SMILES string of the molecule is CCc1nn2ccc(N3CC4(CN(C(=O)C5CCOC5)C4)C3)cc2c1N(C)c1nc(-c2ccc(F)cc2)c(C#N)s1. The number of halogens is 1. The Morgan fingerprint density at radius 2 is 2.02 bits per heavy atom. The maximum absolute atomic E-state index is 13.5. The van der Waals surface area contributed by atoms with Crippen molar-refractivity contribution in [1.29, 1.82) is 5.26 Å². The van der Waals surface area contributed by atoms with Crippen LogP contribution in [-0.4, -0.2) is 71.8 Å². The standard InChI is InChI=1S/C30H30FN7O2S/c1-3-23-27(35(2)29-33-26(25(13-32)41-29)19-4-6-21(31)7-5-19)24-12-22(8-10-38(24)34-23)36-15-30(16-36)17-37(18-30)28(39)20-9-11-40-14-20/h4-8,10,12,20H,3,9,11,14-18H2,1-2H3. The molecule has 0 N–H and O–H groups in total. The Hall–Kier alpha value is -4.01. The summed E-state index contributed by atoms with van der Waals surface area (Å²) in [7, 11) is 1.95. The van der Waals surface area contributed by atoms with Crippen molar-refractivity contribution in [2.45, 2.75) is 19.8 Å². The van der Waals surface area contributed by atoms with E-state index in [-0.39, 0.29) is 23.1 Å². The fraction of sp³-hybridized carbons (Fsp3) is 0.400. The van der Waals surface area contributed by atoms with Crippen molar-refractivity contribution < 1.29 is 13.9 Å². The zero-order valence-corrected chi connectivity index (χ0v) is 23.8. The second kappa shape index (κ2) is 9.82. The van der Waals surface area contributed by atoms with Crippen LogP contribution in [0.5, 0.6) is 0 Å². The summed E-state index contributed by atoms with van der Waals surface area (Å²) in [5, 5.41) is 15.3. The normalized spacial score (nSPS) is 19.3. The Labute approximate surface area is 241 Å². The number of ether oxygens (including phenoxy) is 1. The quantitative estimate of drug-likeness (QED) is 0.337. The number of hydrogen-bond donors (Lipinski definition) is 0. The van der Waals surface area contributed by atoms with Crippen molar-refractivity contribution in [1.82, 2.24) is 19.5 Å². The number of benzene rings is 1. The van der Waals surface area contributed by atoms with Crippen molar-refractivity contribution >= 4 is 39.3 Å². The summed E-state index contributed by atoms with van der Waals surface area (Å²) in [5.41, 5.74) is 5.41. The molecule has 6 heterocycles. The van der Waals surface area contributed by atoms with Gasteiger partial charge in [-0.1, -0.05) is 18.3 Å². The van der Waals surface area contributed by atoms with Gasteiger partial charge in [-0.3, -0.25) is 4.79 Å². The predicted octanol–water partition coefficient (Wildman–Crippen LogP) is 4.48. The van der Waals surface area contributed by atoms with Gasteiger partial charge in [0.1, 0.15) is 22.5 Å². The summed E-state index contributed by atoms with van der Waals surface area (Å²) >= 11 is 1.31. The molecule has 3 fully saturated rings. The molecule has 4 aromatic rings. The lowest BCUT2D eigenvalue weighted by molar-refractivity contribution is -0.149. The summed E-state index contributed by atoms with van der Waals surface area (Å²) in [4.78, 5) is 24.4. The van der Waals surface area contributed by atoms with Crippen LogP contribution in [0.3, 0.4) is 0 Å². The highest BCUT2D eigenvalue weighted by Crippen LogP contribution is 2.44. The molecule has 0 radical (unpaired) electrons. The zero-order chi connectivity index (χ0) is 28.3. The number of pyridine rings is 1. The van der Waals surface area contributed by atoms with Crippen LogP contribution in [0.15, 0.2) is 42.6 Å². The molecule has 0 bridgehead atoms. The van der Waals surface area contributed by atoms with Gasteiger partial charge in [0.05, 0.1) is 29.4 Å². The maximum Gasteiger partial charge on any atom is 0.228 e. The fourth-order valence-corrected chi connectivity index (χ4v) is 7.20. The minimum Gasteiger partial charge on any atom is -0.381 e. The summed E-state index contributed by atoms with van der Waals surface area (Å²) in [6, 6.07) is 12.6. The number of aryl methyl sites for hydroxylation is 1. The highest BCUT2D eigenvalue weighted by atomic mass is 32.1. The van der Waals surface area contributed by atoms with Gasteiger partial charge in [-0.2, -0.15) is 10.4 Å². The highest BCUT2D eigenvalue weighted by molar-refractivity contribution is 7.16. The van der Waals surface area contributed by atoms with E-state index in [0.29, 0.717) is 34.5 Å². The van der Waals surface area contributed by atoms with Crippen LogP contribution in [0.25, 0.3) is 16.8 Å². The number of hydrogen-bond acceptors (Lipinski definition) is 8. The molecule has 1 atom stereocenters. The van der Waals surface area contributed by atoms with Gasteiger partial charge in [0.15, 0.2) is 5.13 Å². The Kier molecular flexibility index (Phi) is 6.21. The summed E-state index contributed by atoms with van der Waals surface area (Å²) in [6.45, 7) is 6.82. The van der Waals surface area contributed by atoms with Gasteiger partial charge in [-0.05, 0) is 49.2 Å². The van der Waals surface area contributed by atoms with Gasteiger partial charge in [-0.25, -0.2) is 13.9 Å². The van der Waals surface area contributed by atoms with E-state index in [4.69, 9.17) is 14.8 Å². The molecule has 11 heteroatoms. The largest absolute Gasteiger partial charge is 0.381 e. The van der Waals surface area contributed by atoms with Crippen molar-refractivity contribution in [3.8, 4) is 17.3 Å². The number of nitriles is 1. The maximum atomic E-state index is 13.5. The smallest absolute Gasteiger partial charge is 0.228 e. The predicted molar refractivity (Wildman–Crippen MR) is 155 cm³/mol. The van der Waals surface area contributed by atoms with Gasteiger partial charge in [0, 0.05) is 62.7 Å². The minimum absolute atomic E-state index is 0.0322. The van der Waals surface area contributed by atoms with Gasteiger partial charge in [0.25, 0.3) is 0 Å². The number of likely N-dealkylation sites (tertiary alicyclic amines) is 1. The van der Waals surface area contributed by atoms with E-state index in [9.17, 15) is 14.4 Å². The Morgan fingerprint density at radius 3 is 2.71 bits per heavy atom. The number of aromatic nitrogens is 3. The van der Waals surface area contributed by atoms with E-state index in [1.807, 2.05) is 27.6 Å². The summed E-state index contributed by atoms with van der Waals surface area (Å²) in [5.74, 6) is -0.0498. The minimum atomic E-state index is -0.329. The molecular formula is C30H30FN7O2S. The van der Waals surface area contributed by atoms with Crippen molar-refractivity contribution in [3.05, 3.63) is 59.0 Å². The number of thiazole rings is 1. The Morgan fingerprint density at radius 1 is 1.24 bits per heavy atom. The van der Waals surface area contributed by atoms with E-state index in [1.54, 1.807) is 12.1 Å². The molecule has 210 valence electrons. The summed E-state index contributed by atoms with van der Waals surface area (Å²) in [6.07, 6.45) is 3.57. The topological polar surface area (TPSA) is 90.0 Å². The monoisotopic (exact) mass is 571 g/mol. The van der Waals surface area contributed by atoms with E-state index in [2.05, 4.69) is 30.0 Å². The Balaban J connectivity index is 1.13. The molecule has 3 aliphatic heterocycles. The third-order valence-electron chi connectivity index (χ3n) is 8.52. The zero-order valence-electron chi connectivity index (χ0n) is 23.0. The molecule has 1 unspecified atom stereocenters. The first kappa shape index (κ1) is 25.9. The van der Waals surface area contributed by atoms with Crippen LogP contribution in [0.1, 0.15) is 23.9 Å². The number of carbonyl (C=O) groups excluding carboxylic acids is 1. The highest BCUT2D eigenvalue weighted by Gasteiger charge is 2.54. The second-order valence-corrected chi connectivity index (χ2v) is 12.3. The number of rotatable bonds is 6. The average Bonchev–Trinajstić information content (AvgIpc) is 3.70. The molecular weight excluding hydrogens is 541 g/mol. The van der Waals surface area contributed by atoms with E-state index < -0.39 is 0 Å². The average molecular weight is 572 g/mol. The summed E-state index contributed by atoms with van der Waals surface area (Å²) < 4.78 is 20.8. The third-order valence-corrected chi connectivity index (χ3v) is 9.55. The first-order chi connectivity index (χ1) is 19.9. The second-order valence-electron chi connectivity index (χ2n) is 11.3. The van der Waals surface area contributed by atoms with Gasteiger partial charge in [0.2, 0.25) is 5.91 Å². The molecule has 1 amide bonds. The van der Waals surface area contributed by atoms with Crippen LogP contribution >= 0.6 is 11.3 Å². The number of nitrogens with zero attached hydrogens (tertiary/aromatic N) is 7. The number of carbonyl (C=O) groups is 1. The van der Waals surface area contributed by atoms with Crippen LogP contribution < -0.4 is 9.80 Å². The molecule has 3 saturated heterocycles. The fourth-order valence-electron chi connectivity index (χ4n) is 6.35. The molecule has 7 rings (SSSR count). The van der Waals surface area contributed by atoms with Crippen molar-refractivity contribution in [3.63, 3.8) is 0 Å². The van der Waals surface area contributed by atoms with Gasteiger partial charge in [-0.15, -0.1) is 0 Å². The molecule has 3 aromatic heterocycles. The van der Waals surface area contributed by atoms with Gasteiger partial charge >= 0.3 is 0 Å². The molecule has 3 aliphatic rings. The lowest BCUT2D eigenvalue weighted by Gasteiger charge is -2.61. The lowest BCUT2D eigenvalue weighted by atomic mass is 9.72. The number of amides is 1. The van der Waals surface area contributed by atoms with E-state index >= 15 is 0 Å². The van der Waals surface area contributed by atoms with Crippen molar-refractivity contribution in [2.75, 3.05) is 56.2 Å². The Bertz CT molecular complexity index is 1670. The van der Waals surface area contributed by atoms with Crippen LogP contribution in [-0.2, 0) is 16.0 Å². The van der Waals surface area contributed by atoms with Gasteiger partial charge < -0.3 is 19.4 Å². The van der Waals surface area contributed by atoms with E-state index in [0.717, 1.165) is 61.6 Å². The first-order valence-corrected chi connectivity index (χ1v) is 14.7. The molecule has 41 heavy (non-hydrogen) atoms. The lowest BCUT2D eigenvalue weighted by Crippen LogP contribution is -2.73. The molecule has 0 aliphatic carbocycles. The first-order valence-electron chi connectivity index (χ1n) is 13.9. The van der Waals surface area contributed by atoms with E-state index in [1.165, 1.54) is 23.5 Å². The molecule has 9 nitrogen and oxygen atoms in total.